The Labute approximate surface area is 164 Å². The number of hydrogen-bond donors (Lipinski definition) is 1. The van der Waals surface area contributed by atoms with E-state index in [0.717, 1.165) is 0 Å². The highest BCUT2D eigenvalue weighted by Crippen LogP contribution is 2.25. The Kier molecular flexibility index (Phi) is 7.56. The van der Waals surface area contributed by atoms with Crippen LogP contribution in [0.15, 0.2) is 48.5 Å². The minimum atomic E-state index is -0.304. The predicted octanol–water partition coefficient (Wildman–Crippen LogP) is 2.45. The number of rotatable bonds is 9. The van der Waals surface area contributed by atoms with Crippen LogP contribution < -0.4 is 19.7 Å². The third-order valence-electron chi connectivity index (χ3n) is 4.05. The Morgan fingerprint density at radius 2 is 1.61 bits per heavy atom. The van der Waals surface area contributed by atoms with Gasteiger partial charge in [0.25, 0.3) is 5.91 Å². The molecule has 0 aromatic heterocycles. The average molecular weight is 384 g/mol. The third-order valence-corrected chi connectivity index (χ3v) is 4.05. The van der Waals surface area contributed by atoms with E-state index in [1.807, 2.05) is 6.07 Å². The second-order valence-corrected chi connectivity index (χ2v) is 6.06. The first-order valence-corrected chi connectivity index (χ1v) is 8.84. The molecule has 2 aromatic rings. The fraction of sp³-hybridized carbons (Fsp3) is 0.286. The Morgan fingerprint density at radius 1 is 0.964 bits per heavy atom. The molecule has 0 spiro atoms. The van der Waals surface area contributed by atoms with Gasteiger partial charge in [0.15, 0.2) is 23.9 Å². The van der Waals surface area contributed by atoms with Crippen LogP contribution in [0.3, 0.4) is 0 Å². The van der Waals surface area contributed by atoms with Gasteiger partial charge in [0, 0.05) is 31.3 Å². The molecule has 0 aliphatic heterocycles. The van der Waals surface area contributed by atoms with Crippen LogP contribution in [0.5, 0.6) is 11.5 Å². The van der Waals surface area contributed by atoms with Crippen molar-refractivity contribution in [3.05, 3.63) is 54.1 Å². The fourth-order valence-corrected chi connectivity index (χ4v) is 2.58. The molecule has 0 radical (unpaired) electrons. The van der Waals surface area contributed by atoms with Crippen molar-refractivity contribution in [3.8, 4) is 11.5 Å². The van der Waals surface area contributed by atoms with E-state index >= 15 is 0 Å². The SMILES string of the molecule is COc1ccccc1OCC(=O)NCCN(C(C)=O)c1ccc(C(C)=O)cc1. The molecule has 1 N–H and O–H groups in total. The number of Topliss-reactive ketones (excluding diaryl/α,β-unsaturated/α-hetero) is 1. The zero-order valence-electron chi connectivity index (χ0n) is 16.2. The van der Waals surface area contributed by atoms with E-state index in [2.05, 4.69) is 5.32 Å². The van der Waals surface area contributed by atoms with Crippen molar-refractivity contribution in [1.82, 2.24) is 5.32 Å². The second-order valence-electron chi connectivity index (χ2n) is 6.06. The number of carbonyl (C=O) groups excluding carboxylic acids is 3. The van der Waals surface area contributed by atoms with Gasteiger partial charge in [0.2, 0.25) is 5.91 Å². The molecule has 0 fully saturated rings. The zero-order valence-corrected chi connectivity index (χ0v) is 16.2. The molecular weight excluding hydrogens is 360 g/mol. The molecule has 148 valence electrons. The number of anilines is 1. The molecular formula is C21H24N2O5. The van der Waals surface area contributed by atoms with Crippen LogP contribution in [-0.4, -0.2) is 44.4 Å². The molecule has 2 rings (SSSR count). The first-order chi connectivity index (χ1) is 13.4. The predicted molar refractivity (Wildman–Crippen MR) is 106 cm³/mol. The van der Waals surface area contributed by atoms with Gasteiger partial charge >= 0.3 is 0 Å². The normalized spacial score (nSPS) is 10.1. The van der Waals surface area contributed by atoms with Gasteiger partial charge in [-0.25, -0.2) is 0 Å². The monoisotopic (exact) mass is 384 g/mol. The van der Waals surface area contributed by atoms with Gasteiger partial charge in [-0.05, 0) is 43.3 Å². The Bertz CT molecular complexity index is 833. The second kappa shape index (κ2) is 10.1. The number of benzene rings is 2. The molecule has 7 nitrogen and oxygen atoms in total. The summed E-state index contributed by atoms with van der Waals surface area (Å²) in [5.74, 6) is 0.530. The first-order valence-electron chi connectivity index (χ1n) is 8.84. The average Bonchev–Trinajstić information content (AvgIpc) is 2.69. The molecule has 0 aliphatic rings. The lowest BCUT2D eigenvalue weighted by Crippen LogP contribution is -2.39. The van der Waals surface area contributed by atoms with Crippen molar-refractivity contribution < 1.29 is 23.9 Å². The first kappa shape index (κ1) is 21.0. The number of ether oxygens (including phenoxy) is 2. The summed E-state index contributed by atoms with van der Waals surface area (Å²) in [4.78, 5) is 36.8. The largest absolute Gasteiger partial charge is 0.493 e. The van der Waals surface area contributed by atoms with Crippen LogP contribution in [0.1, 0.15) is 24.2 Å². The summed E-state index contributed by atoms with van der Waals surface area (Å²) in [6.07, 6.45) is 0. The number of carbonyl (C=O) groups is 3. The molecule has 2 aromatic carbocycles. The van der Waals surface area contributed by atoms with Gasteiger partial charge in [-0.2, -0.15) is 0 Å². The molecule has 28 heavy (non-hydrogen) atoms. The Balaban J connectivity index is 1.86. The van der Waals surface area contributed by atoms with Crippen LogP contribution in [-0.2, 0) is 9.59 Å². The highest BCUT2D eigenvalue weighted by Gasteiger charge is 2.13. The highest BCUT2D eigenvalue weighted by molar-refractivity contribution is 5.96. The minimum absolute atomic E-state index is 0.0387. The quantitative estimate of drug-likeness (QED) is 0.671. The van der Waals surface area contributed by atoms with Crippen LogP contribution in [0, 0.1) is 0 Å². The maximum atomic E-state index is 12.0. The summed E-state index contributed by atoms with van der Waals surface area (Å²) in [6.45, 7) is 3.34. The van der Waals surface area contributed by atoms with E-state index in [-0.39, 0.29) is 30.7 Å². The molecule has 0 atom stereocenters. The van der Waals surface area contributed by atoms with Crippen molar-refractivity contribution in [2.75, 3.05) is 31.7 Å². The molecule has 0 saturated heterocycles. The Morgan fingerprint density at radius 3 is 2.18 bits per heavy atom. The minimum Gasteiger partial charge on any atom is -0.493 e. The summed E-state index contributed by atoms with van der Waals surface area (Å²) >= 11 is 0. The number of para-hydroxylation sites is 2. The zero-order chi connectivity index (χ0) is 20.5. The lowest BCUT2D eigenvalue weighted by atomic mass is 10.1. The van der Waals surface area contributed by atoms with E-state index in [0.29, 0.717) is 29.3 Å². The molecule has 0 bridgehead atoms. The van der Waals surface area contributed by atoms with Crippen molar-refractivity contribution in [1.29, 1.82) is 0 Å². The van der Waals surface area contributed by atoms with Crippen molar-refractivity contribution in [2.24, 2.45) is 0 Å². The van der Waals surface area contributed by atoms with Crippen molar-refractivity contribution in [2.45, 2.75) is 13.8 Å². The lowest BCUT2D eigenvalue weighted by molar-refractivity contribution is -0.123. The molecule has 7 heteroatoms. The van der Waals surface area contributed by atoms with Crippen LogP contribution >= 0.6 is 0 Å². The summed E-state index contributed by atoms with van der Waals surface area (Å²) in [5.41, 5.74) is 1.24. The van der Waals surface area contributed by atoms with Gasteiger partial charge < -0.3 is 19.7 Å². The fourth-order valence-electron chi connectivity index (χ4n) is 2.58. The molecule has 0 aliphatic carbocycles. The smallest absolute Gasteiger partial charge is 0.258 e. The lowest BCUT2D eigenvalue weighted by Gasteiger charge is -2.21. The third kappa shape index (κ3) is 5.84. The standard InChI is InChI=1S/C21H24N2O5/c1-15(24)17-8-10-18(11-9-17)23(16(2)25)13-12-22-21(26)14-28-20-7-5-4-6-19(20)27-3/h4-11H,12-14H2,1-3H3,(H,22,26). The van der Waals surface area contributed by atoms with E-state index in [1.54, 1.807) is 42.5 Å². The van der Waals surface area contributed by atoms with Gasteiger partial charge in [-0.15, -0.1) is 0 Å². The van der Waals surface area contributed by atoms with Crippen molar-refractivity contribution in [3.63, 3.8) is 0 Å². The van der Waals surface area contributed by atoms with Crippen LogP contribution in [0.4, 0.5) is 5.69 Å². The highest BCUT2D eigenvalue weighted by atomic mass is 16.5. The van der Waals surface area contributed by atoms with E-state index in [4.69, 9.17) is 9.47 Å². The van der Waals surface area contributed by atoms with E-state index in [9.17, 15) is 14.4 Å². The van der Waals surface area contributed by atoms with E-state index < -0.39 is 0 Å². The van der Waals surface area contributed by atoms with Crippen LogP contribution in [0.25, 0.3) is 0 Å². The summed E-state index contributed by atoms with van der Waals surface area (Å²) in [7, 11) is 1.53. The van der Waals surface area contributed by atoms with Gasteiger partial charge in [0.1, 0.15) is 0 Å². The number of ketones is 1. The number of amides is 2. The van der Waals surface area contributed by atoms with Gasteiger partial charge in [-0.1, -0.05) is 12.1 Å². The topological polar surface area (TPSA) is 84.9 Å². The maximum absolute atomic E-state index is 12.0. The molecule has 0 heterocycles. The van der Waals surface area contributed by atoms with Gasteiger partial charge in [0.05, 0.1) is 7.11 Å². The summed E-state index contributed by atoms with van der Waals surface area (Å²) < 4.78 is 10.6. The maximum Gasteiger partial charge on any atom is 0.258 e. The summed E-state index contributed by atoms with van der Waals surface area (Å²) in [6, 6.07) is 13.8. The number of hydrogen-bond acceptors (Lipinski definition) is 5. The van der Waals surface area contributed by atoms with E-state index in [1.165, 1.54) is 25.9 Å². The summed E-state index contributed by atoms with van der Waals surface area (Å²) in [5, 5.41) is 2.72. The van der Waals surface area contributed by atoms with Crippen molar-refractivity contribution >= 4 is 23.3 Å². The number of nitrogens with one attached hydrogen (secondary N) is 1. The molecule has 0 unspecified atom stereocenters. The van der Waals surface area contributed by atoms with Gasteiger partial charge in [-0.3, -0.25) is 14.4 Å². The molecule has 2 amide bonds. The molecule has 0 saturated carbocycles. The number of nitrogens with zero attached hydrogens (tertiary/aromatic N) is 1. The van der Waals surface area contributed by atoms with Crippen LogP contribution in [0.2, 0.25) is 0 Å². The Hall–Kier alpha value is -3.35. The number of methoxy groups -OCH3 is 1.